The molecule has 0 aromatic rings. The summed E-state index contributed by atoms with van der Waals surface area (Å²) < 4.78 is 5.32. The van der Waals surface area contributed by atoms with Gasteiger partial charge < -0.3 is 9.84 Å². The Morgan fingerprint density at radius 2 is 2.17 bits per heavy atom. The quantitative estimate of drug-likeness (QED) is 0.690. The van der Waals surface area contributed by atoms with Gasteiger partial charge in [0.15, 0.2) is 0 Å². The monoisotopic (exact) mass is 172 g/mol. The smallest absolute Gasteiger partial charge is 0.0695 e. The fourth-order valence-corrected chi connectivity index (χ4v) is 1.83. The molecule has 2 nitrogen and oxygen atoms in total. The van der Waals surface area contributed by atoms with E-state index < -0.39 is 5.60 Å². The molecule has 2 heteroatoms. The van der Waals surface area contributed by atoms with Gasteiger partial charge in [0.05, 0.1) is 5.60 Å². The van der Waals surface area contributed by atoms with Crippen molar-refractivity contribution < 1.29 is 9.84 Å². The second-order valence-electron chi connectivity index (χ2n) is 3.88. The topological polar surface area (TPSA) is 29.5 Å². The molecule has 0 aromatic carbocycles. The Kier molecular flexibility index (Phi) is 3.53. The summed E-state index contributed by atoms with van der Waals surface area (Å²) >= 11 is 0. The molecule has 1 N–H and O–H groups in total. The molecule has 1 aliphatic rings. The lowest BCUT2D eigenvalue weighted by Crippen LogP contribution is -2.36. The highest BCUT2D eigenvalue weighted by Gasteiger charge is 2.32. The van der Waals surface area contributed by atoms with Crippen LogP contribution in [0.3, 0.4) is 0 Å². The summed E-state index contributed by atoms with van der Waals surface area (Å²) in [4.78, 5) is 0. The molecule has 1 fully saturated rings. The molecule has 0 spiro atoms. The van der Waals surface area contributed by atoms with Crippen LogP contribution in [0.15, 0.2) is 0 Å². The van der Waals surface area contributed by atoms with Crippen molar-refractivity contribution in [2.75, 3.05) is 13.2 Å². The van der Waals surface area contributed by atoms with E-state index in [0.717, 1.165) is 38.9 Å². The summed E-state index contributed by atoms with van der Waals surface area (Å²) in [6.07, 6.45) is 3.77. The second-order valence-corrected chi connectivity index (χ2v) is 3.88. The van der Waals surface area contributed by atoms with Crippen LogP contribution in [-0.2, 0) is 4.74 Å². The summed E-state index contributed by atoms with van der Waals surface area (Å²) in [6, 6.07) is 0. The number of ether oxygens (including phenoxy) is 1. The molecule has 1 aliphatic heterocycles. The Morgan fingerprint density at radius 3 is 2.83 bits per heavy atom. The van der Waals surface area contributed by atoms with E-state index in [2.05, 4.69) is 13.8 Å². The first kappa shape index (κ1) is 10.0. The maximum atomic E-state index is 10.2. The van der Waals surface area contributed by atoms with Gasteiger partial charge in [0.25, 0.3) is 0 Å². The van der Waals surface area contributed by atoms with E-state index in [-0.39, 0.29) is 0 Å². The fraction of sp³-hybridized carbons (Fsp3) is 1.00. The average Bonchev–Trinajstić information content (AvgIpc) is 2.29. The van der Waals surface area contributed by atoms with Gasteiger partial charge in [-0.05, 0) is 25.2 Å². The zero-order valence-corrected chi connectivity index (χ0v) is 8.18. The fourth-order valence-electron chi connectivity index (χ4n) is 1.83. The summed E-state index contributed by atoms with van der Waals surface area (Å²) in [5, 5.41) is 10.2. The minimum Gasteiger partial charge on any atom is -0.390 e. The zero-order valence-electron chi connectivity index (χ0n) is 8.18. The first-order chi connectivity index (χ1) is 5.69. The zero-order chi connectivity index (χ0) is 9.03. The Morgan fingerprint density at radius 1 is 1.42 bits per heavy atom. The Bertz CT molecular complexity index is 126. The van der Waals surface area contributed by atoms with Crippen LogP contribution < -0.4 is 0 Å². The number of hydrogen-bond donors (Lipinski definition) is 1. The Balaban J connectivity index is 2.53. The van der Waals surface area contributed by atoms with E-state index >= 15 is 0 Å². The largest absolute Gasteiger partial charge is 0.390 e. The minimum atomic E-state index is -0.453. The van der Waals surface area contributed by atoms with Crippen molar-refractivity contribution in [3.8, 4) is 0 Å². The first-order valence-electron chi connectivity index (χ1n) is 4.99. The van der Waals surface area contributed by atoms with Crippen LogP contribution in [0.25, 0.3) is 0 Å². The molecule has 0 saturated carbocycles. The van der Waals surface area contributed by atoms with Gasteiger partial charge in [-0.15, -0.1) is 0 Å². The third kappa shape index (κ3) is 2.20. The van der Waals surface area contributed by atoms with Gasteiger partial charge in [0.1, 0.15) is 0 Å². The van der Waals surface area contributed by atoms with E-state index in [1.54, 1.807) is 0 Å². The average molecular weight is 172 g/mol. The van der Waals surface area contributed by atoms with E-state index in [0.29, 0.717) is 5.92 Å². The molecule has 72 valence electrons. The lowest BCUT2D eigenvalue weighted by molar-refractivity contribution is -0.0301. The number of hydrogen-bond acceptors (Lipinski definition) is 2. The lowest BCUT2D eigenvalue weighted by Gasteiger charge is -2.32. The molecule has 0 aliphatic carbocycles. The van der Waals surface area contributed by atoms with Crippen molar-refractivity contribution in [2.24, 2.45) is 5.92 Å². The Labute approximate surface area is 74.9 Å². The van der Waals surface area contributed by atoms with Crippen molar-refractivity contribution in [3.63, 3.8) is 0 Å². The summed E-state index contributed by atoms with van der Waals surface area (Å²) in [5.41, 5.74) is -0.453. The highest BCUT2D eigenvalue weighted by atomic mass is 16.5. The van der Waals surface area contributed by atoms with Crippen molar-refractivity contribution in [1.82, 2.24) is 0 Å². The van der Waals surface area contributed by atoms with E-state index in [4.69, 9.17) is 4.74 Å². The molecule has 0 aromatic heterocycles. The van der Waals surface area contributed by atoms with Gasteiger partial charge in [-0.2, -0.15) is 0 Å². The maximum Gasteiger partial charge on any atom is 0.0695 e. The highest BCUT2D eigenvalue weighted by Crippen LogP contribution is 2.30. The minimum absolute atomic E-state index is 0.402. The highest BCUT2D eigenvalue weighted by molar-refractivity contribution is 4.84. The third-order valence-corrected chi connectivity index (χ3v) is 3.11. The van der Waals surface area contributed by atoms with Gasteiger partial charge in [0, 0.05) is 13.2 Å². The van der Waals surface area contributed by atoms with Gasteiger partial charge >= 0.3 is 0 Å². The van der Waals surface area contributed by atoms with Gasteiger partial charge in [-0.3, -0.25) is 0 Å². The molecule has 2 unspecified atom stereocenters. The predicted octanol–water partition coefficient (Wildman–Crippen LogP) is 1.96. The summed E-state index contributed by atoms with van der Waals surface area (Å²) in [5.74, 6) is 0.402. The standard InChI is InChI=1S/C10H20O2/c1-3-9(2)10(11)5-4-7-12-8-6-10/h9,11H,3-8H2,1-2H3. The van der Waals surface area contributed by atoms with Gasteiger partial charge in [-0.25, -0.2) is 0 Å². The number of rotatable bonds is 2. The van der Waals surface area contributed by atoms with E-state index in [9.17, 15) is 5.11 Å². The van der Waals surface area contributed by atoms with E-state index in [1.165, 1.54) is 0 Å². The van der Waals surface area contributed by atoms with Crippen LogP contribution >= 0.6 is 0 Å². The molecule has 12 heavy (non-hydrogen) atoms. The van der Waals surface area contributed by atoms with E-state index in [1.807, 2.05) is 0 Å². The van der Waals surface area contributed by atoms with Gasteiger partial charge in [-0.1, -0.05) is 20.3 Å². The molecule has 0 radical (unpaired) electrons. The first-order valence-corrected chi connectivity index (χ1v) is 4.99. The van der Waals surface area contributed by atoms with Crippen LogP contribution in [0.4, 0.5) is 0 Å². The van der Waals surface area contributed by atoms with Gasteiger partial charge in [0.2, 0.25) is 0 Å². The Hall–Kier alpha value is -0.0800. The van der Waals surface area contributed by atoms with Crippen molar-refractivity contribution in [1.29, 1.82) is 0 Å². The molecule has 1 heterocycles. The molecule has 1 rings (SSSR count). The molecule has 0 amide bonds. The maximum absolute atomic E-state index is 10.2. The van der Waals surface area contributed by atoms with Crippen LogP contribution in [0, 0.1) is 5.92 Å². The second kappa shape index (κ2) is 4.24. The van der Waals surface area contributed by atoms with Crippen molar-refractivity contribution >= 4 is 0 Å². The predicted molar refractivity (Wildman–Crippen MR) is 49.1 cm³/mol. The summed E-state index contributed by atoms with van der Waals surface area (Å²) in [7, 11) is 0. The van der Waals surface area contributed by atoms with Crippen LogP contribution in [-0.4, -0.2) is 23.9 Å². The normalized spacial score (nSPS) is 34.2. The molecule has 1 saturated heterocycles. The summed E-state index contributed by atoms with van der Waals surface area (Å²) in [6.45, 7) is 5.80. The number of aliphatic hydroxyl groups is 1. The van der Waals surface area contributed by atoms with Crippen molar-refractivity contribution in [3.05, 3.63) is 0 Å². The van der Waals surface area contributed by atoms with Crippen LogP contribution in [0.5, 0.6) is 0 Å². The third-order valence-electron chi connectivity index (χ3n) is 3.11. The van der Waals surface area contributed by atoms with Crippen LogP contribution in [0.2, 0.25) is 0 Å². The SMILES string of the molecule is CCC(C)C1(O)CCCOCC1. The molecular weight excluding hydrogens is 152 g/mol. The molecule has 0 bridgehead atoms. The molecular formula is C10H20O2. The lowest BCUT2D eigenvalue weighted by atomic mass is 9.81. The molecule has 2 atom stereocenters. The van der Waals surface area contributed by atoms with Crippen molar-refractivity contribution in [2.45, 2.75) is 45.1 Å². The van der Waals surface area contributed by atoms with Crippen LogP contribution in [0.1, 0.15) is 39.5 Å².